The fraction of sp³-hybridized carbons (Fsp3) is 0.615. The number of nitrogens with one attached hydrogen (secondary N) is 2. The van der Waals surface area contributed by atoms with E-state index in [2.05, 4.69) is 33.8 Å². The summed E-state index contributed by atoms with van der Waals surface area (Å²) in [5.74, 6) is 0.566. The zero-order chi connectivity index (χ0) is 13.7. The van der Waals surface area contributed by atoms with Crippen molar-refractivity contribution in [3.63, 3.8) is 0 Å². The van der Waals surface area contributed by atoms with Gasteiger partial charge in [-0.05, 0) is 25.5 Å². The van der Waals surface area contributed by atoms with Crippen molar-refractivity contribution in [2.45, 2.75) is 30.9 Å². The summed E-state index contributed by atoms with van der Waals surface area (Å²) in [5, 5.41) is 6.06. The second kappa shape index (κ2) is 6.23. The van der Waals surface area contributed by atoms with Gasteiger partial charge in [-0.25, -0.2) is 9.97 Å². The van der Waals surface area contributed by atoms with Crippen LogP contribution in [-0.2, 0) is 0 Å². The lowest BCUT2D eigenvalue weighted by Gasteiger charge is -2.12. The van der Waals surface area contributed by atoms with E-state index in [1.54, 1.807) is 6.20 Å². The predicted octanol–water partition coefficient (Wildman–Crippen LogP) is 1.92. The molecule has 0 atom stereocenters. The van der Waals surface area contributed by atoms with E-state index in [9.17, 15) is 4.79 Å². The molecule has 5 nitrogen and oxygen atoms in total. The van der Waals surface area contributed by atoms with E-state index >= 15 is 0 Å². The molecule has 6 heteroatoms. The van der Waals surface area contributed by atoms with Gasteiger partial charge in [0.25, 0.3) is 5.91 Å². The van der Waals surface area contributed by atoms with Crippen molar-refractivity contribution in [2.75, 3.05) is 24.7 Å². The number of anilines is 1. The molecule has 19 heavy (non-hydrogen) atoms. The number of nitrogens with zero attached hydrogens (tertiary/aromatic N) is 2. The van der Waals surface area contributed by atoms with Gasteiger partial charge in [-0.3, -0.25) is 4.79 Å². The molecule has 0 radical (unpaired) electrons. The van der Waals surface area contributed by atoms with Crippen LogP contribution in [0, 0.1) is 0 Å². The molecule has 104 valence electrons. The van der Waals surface area contributed by atoms with Gasteiger partial charge in [0.05, 0.1) is 12.4 Å². The maximum Gasteiger partial charge on any atom is 0.271 e. The van der Waals surface area contributed by atoms with Gasteiger partial charge in [-0.2, -0.15) is 11.8 Å². The number of aromatic nitrogens is 2. The molecule has 1 fully saturated rings. The fourth-order valence-corrected chi connectivity index (χ4v) is 2.44. The summed E-state index contributed by atoms with van der Waals surface area (Å²) >= 11 is 1.83. The summed E-state index contributed by atoms with van der Waals surface area (Å²) < 4.78 is 0.270. The molecule has 1 heterocycles. The number of amides is 1. The minimum atomic E-state index is -0.144. The van der Waals surface area contributed by atoms with Crippen LogP contribution in [0.25, 0.3) is 0 Å². The maximum absolute atomic E-state index is 11.9. The Hall–Kier alpha value is -1.30. The van der Waals surface area contributed by atoms with Crippen molar-refractivity contribution in [1.29, 1.82) is 0 Å². The Morgan fingerprint density at radius 3 is 2.74 bits per heavy atom. The third-order valence-corrected chi connectivity index (χ3v) is 4.67. The number of hydrogen-bond donors (Lipinski definition) is 2. The van der Waals surface area contributed by atoms with Crippen LogP contribution in [0.5, 0.6) is 0 Å². The first-order valence-corrected chi connectivity index (χ1v) is 7.81. The SMILES string of the molecule is CCCNc1cnc(C(=O)NCC2(SC)CC2)cn1. The Labute approximate surface area is 118 Å². The van der Waals surface area contributed by atoms with Crippen molar-refractivity contribution < 1.29 is 4.79 Å². The maximum atomic E-state index is 11.9. The molecule has 2 N–H and O–H groups in total. The lowest BCUT2D eigenvalue weighted by molar-refractivity contribution is 0.0947. The van der Waals surface area contributed by atoms with E-state index < -0.39 is 0 Å². The Kier molecular flexibility index (Phi) is 4.63. The first-order chi connectivity index (χ1) is 9.19. The molecule has 1 aromatic heterocycles. The van der Waals surface area contributed by atoms with Gasteiger partial charge in [0.1, 0.15) is 11.5 Å². The second-order valence-corrected chi connectivity index (χ2v) is 6.06. The van der Waals surface area contributed by atoms with Crippen LogP contribution in [-0.4, -0.2) is 40.0 Å². The average Bonchev–Trinajstić information content (AvgIpc) is 3.24. The lowest BCUT2D eigenvalue weighted by Crippen LogP contribution is -2.32. The second-order valence-electron chi connectivity index (χ2n) is 4.78. The molecule has 2 rings (SSSR count). The molecule has 0 spiro atoms. The average molecular weight is 280 g/mol. The van der Waals surface area contributed by atoms with E-state index in [1.165, 1.54) is 19.0 Å². The molecule has 1 aliphatic carbocycles. The number of carbonyl (C=O) groups excluding carboxylic acids is 1. The van der Waals surface area contributed by atoms with E-state index in [0.717, 1.165) is 13.0 Å². The summed E-state index contributed by atoms with van der Waals surface area (Å²) in [6.45, 7) is 3.66. The summed E-state index contributed by atoms with van der Waals surface area (Å²) in [4.78, 5) is 20.2. The van der Waals surface area contributed by atoms with Crippen LogP contribution in [0.1, 0.15) is 36.7 Å². The molecule has 0 bridgehead atoms. The van der Waals surface area contributed by atoms with E-state index in [4.69, 9.17) is 0 Å². The van der Waals surface area contributed by atoms with Crippen molar-refractivity contribution in [3.8, 4) is 0 Å². The quantitative estimate of drug-likeness (QED) is 0.799. The third-order valence-electron chi connectivity index (χ3n) is 3.25. The van der Waals surface area contributed by atoms with Crippen LogP contribution < -0.4 is 10.6 Å². The highest BCUT2D eigenvalue weighted by molar-refractivity contribution is 8.00. The minimum absolute atomic E-state index is 0.144. The molecular formula is C13H20N4OS. The van der Waals surface area contributed by atoms with Crippen molar-refractivity contribution in [1.82, 2.24) is 15.3 Å². The zero-order valence-corrected chi connectivity index (χ0v) is 12.2. The molecule has 0 aromatic carbocycles. The van der Waals surface area contributed by atoms with E-state index in [0.29, 0.717) is 18.1 Å². The van der Waals surface area contributed by atoms with Crippen LogP contribution in [0.2, 0.25) is 0 Å². The van der Waals surface area contributed by atoms with Crippen LogP contribution >= 0.6 is 11.8 Å². The molecule has 1 aliphatic rings. The van der Waals surface area contributed by atoms with Gasteiger partial charge in [0, 0.05) is 17.8 Å². The molecule has 1 amide bonds. The zero-order valence-electron chi connectivity index (χ0n) is 11.4. The molecule has 0 saturated heterocycles. The van der Waals surface area contributed by atoms with Gasteiger partial charge in [-0.1, -0.05) is 6.92 Å². The molecule has 0 aliphatic heterocycles. The molecule has 0 unspecified atom stereocenters. The molecule has 1 saturated carbocycles. The monoisotopic (exact) mass is 280 g/mol. The summed E-state index contributed by atoms with van der Waals surface area (Å²) in [7, 11) is 0. The van der Waals surface area contributed by atoms with Crippen molar-refractivity contribution >= 4 is 23.5 Å². The molecular weight excluding hydrogens is 260 g/mol. The van der Waals surface area contributed by atoms with E-state index in [1.807, 2.05) is 11.8 Å². The standard InChI is InChI=1S/C13H20N4OS/c1-3-6-14-11-8-15-10(7-16-11)12(18)17-9-13(19-2)4-5-13/h7-8H,3-6,9H2,1-2H3,(H,14,16)(H,17,18). The van der Waals surface area contributed by atoms with Gasteiger partial charge in [0.15, 0.2) is 0 Å². The fourth-order valence-electron chi connectivity index (χ4n) is 1.71. The highest BCUT2D eigenvalue weighted by Gasteiger charge is 2.42. The topological polar surface area (TPSA) is 66.9 Å². The molecule has 1 aromatic rings. The van der Waals surface area contributed by atoms with Crippen LogP contribution in [0.3, 0.4) is 0 Å². The smallest absolute Gasteiger partial charge is 0.271 e. The highest BCUT2D eigenvalue weighted by Crippen LogP contribution is 2.46. The number of rotatable bonds is 7. The first kappa shape index (κ1) is 14.1. The third kappa shape index (κ3) is 3.83. The normalized spacial score (nSPS) is 15.9. The number of hydrogen-bond acceptors (Lipinski definition) is 5. The van der Waals surface area contributed by atoms with Gasteiger partial charge < -0.3 is 10.6 Å². The summed E-state index contributed by atoms with van der Waals surface area (Å²) in [5.41, 5.74) is 0.374. The van der Waals surface area contributed by atoms with Crippen LogP contribution in [0.15, 0.2) is 12.4 Å². The van der Waals surface area contributed by atoms with Crippen molar-refractivity contribution in [2.24, 2.45) is 0 Å². The van der Waals surface area contributed by atoms with Crippen LogP contribution in [0.4, 0.5) is 5.82 Å². The summed E-state index contributed by atoms with van der Waals surface area (Å²) in [6.07, 6.45) is 8.60. The number of thioether (sulfide) groups is 1. The van der Waals surface area contributed by atoms with Gasteiger partial charge >= 0.3 is 0 Å². The minimum Gasteiger partial charge on any atom is -0.369 e. The number of carbonyl (C=O) groups is 1. The predicted molar refractivity (Wildman–Crippen MR) is 78.6 cm³/mol. The summed E-state index contributed by atoms with van der Waals surface area (Å²) in [6, 6.07) is 0. The Morgan fingerprint density at radius 1 is 1.42 bits per heavy atom. The van der Waals surface area contributed by atoms with Gasteiger partial charge in [0.2, 0.25) is 0 Å². The Bertz CT molecular complexity index is 431. The largest absolute Gasteiger partial charge is 0.369 e. The Balaban J connectivity index is 1.85. The van der Waals surface area contributed by atoms with E-state index in [-0.39, 0.29) is 10.7 Å². The van der Waals surface area contributed by atoms with Gasteiger partial charge in [-0.15, -0.1) is 0 Å². The first-order valence-electron chi connectivity index (χ1n) is 6.58. The Morgan fingerprint density at radius 2 is 2.21 bits per heavy atom. The highest BCUT2D eigenvalue weighted by atomic mass is 32.2. The van der Waals surface area contributed by atoms with Crippen molar-refractivity contribution in [3.05, 3.63) is 18.1 Å². The lowest BCUT2D eigenvalue weighted by atomic mass is 10.3.